The number of nitrogens with one attached hydrogen (secondary N) is 1. The minimum atomic E-state index is -0.00601. The van der Waals surface area contributed by atoms with Crippen LogP contribution < -0.4 is 5.32 Å². The van der Waals surface area contributed by atoms with Crippen molar-refractivity contribution in [1.82, 2.24) is 14.7 Å². The Morgan fingerprint density at radius 1 is 1.33 bits per heavy atom. The van der Waals surface area contributed by atoms with Crippen LogP contribution in [0.25, 0.3) is 0 Å². The number of amides is 2. The zero-order valence-corrected chi connectivity index (χ0v) is 12.2. The number of urea groups is 1. The highest BCUT2D eigenvalue weighted by atomic mass is 16.5. The maximum Gasteiger partial charge on any atom is 0.321 e. The predicted molar refractivity (Wildman–Crippen MR) is 78.2 cm³/mol. The predicted octanol–water partition coefficient (Wildman–Crippen LogP) is 2.25. The maximum atomic E-state index is 12.4. The SMILES string of the molecule is O=C(Nc1cnn(C2CCC2)c1)N1CC[C@@H]2OCC[C@@H]2C1. The van der Waals surface area contributed by atoms with Crippen molar-refractivity contribution in [3.8, 4) is 0 Å². The van der Waals surface area contributed by atoms with Gasteiger partial charge in [0.05, 0.1) is 24.0 Å². The highest BCUT2D eigenvalue weighted by molar-refractivity contribution is 5.89. The van der Waals surface area contributed by atoms with Crippen molar-refractivity contribution in [2.24, 2.45) is 5.92 Å². The molecule has 0 aromatic carbocycles. The average molecular weight is 290 g/mol. The van der Waals surface area contributed by atoms with E-state index < -0.39 is 0 Å². The topological polar surface area (TPSA) is 59.4 Å². The van der Waals surface area contributed by atoms with Gasteiger partial charge in [-0.05, 0) is 32.1 Å². The molecule has 1 aliphatic carbocycles. The fourth-order valence-electron chi connectivity index (χ4n) is 3.52. The van der Waals surface area contributed by atoms with E-state index in [9.17, 15) is 4.79 Å². The van der Waals surface area contributed by atoms with E-state index in [2.05, 4.69) is 10.4 Å². The molecule has 2 amide bonds. The molecule has 2 atom stereocenters. The third kappa shape index (κ3) is 2.52. The van der Waals surface area contributed by atoms with Gasteiger partial charge in [-0.3, -0.25) is 4.68 Å². The van der Waals surface area contributed by atoms with Crippen LogP contribution in [0.3, 0.4) is 0 Å². The van der Waals surface area contributed by atoms with Crippen molar-refractivity contribution in [3.05, 3.63) is 12.4 Å². The molecule has 6 heteroatoms. The molecule has 114 valence electrons. The Balaban J connectivity index is 1.35. The lowest BCUT2D eigenvalue weighted by molar-refractivity contribution is 0.0469. The minimum Gasteiger partial charge on any atom is -0.378 e. The van der Waals surface area contributed by atoms with Gasteiger partial charge in [-0.25, -0.2) is 4.79 Å². The highest BCUT2D eigenvalue weighted by Crippen LogP contribution is 2.32. The summed E-state index contributed by atoms with van der Waals surface area (Å²) in [6.45, 7) is 2.44. The molecule has 3 aliphatic rings. The molecule has 2 saturated heterocycles. The molecular formula is C15H22N4O2. The fourth-order valence-corrected chi connectivity index (χ4v) is 3.52. The van der Waals surface area contributed by atoms with Crippen LogP contribution in [0.15, 0.2) is 12.4 Å². The molecule has 2 aliphatic heterocycles. The summed E-state index contributed by atoms with van der Waals surface area (Å²) in [6.07, 6.45) is 9.79. The van der Waals surface area contributed by atoms with E-state index in [1.807, 2.05) is 15.8 Å². The molecule has 21 heavy (non-hydrogen) atoms. The molecular weight excluding hydrogens is 268 g/mol. The van der Waals surface area contributed by atoms with Gasteiger partial charge in [0.15, 0.2) is 0 Å². The van der Waals surface area contributed by atoms with E-state index in [-0.39, 0.29) is 6.03 Å². The van der Waals surface area contributed by atoms with Crippen LogP contribution in [-0.4, -0.2) is 46.5 Å². The second-order valence-electron chi connectivity index (χ2n) is 6.42. The monoisotopic (exact) mass is 290 g/mol. The summed E-state index contributed by atoms with van der Waals surface area (Å²) >= 11 is 0. The van der Waals surface area contributed by atoms with Crippen molar-refractivity contribution >= 4 is 11.7 Å². The van der Waals surface area contributed by atoms with Crippen molar-refractivity contribution in [3.63, 3.8) is 0 Å². The molecule has 4 rings (SSSR count). The lowest BCUT2D eigenvalue weighted by Crippen LogP contribution is -2.46. The van der Waals surface area contributed by atoms with Crippen molar-refractivity contribution in [1.29, 1.82) is 0 Å². The number of aromatic nitrogens is 2. The first-order chi connectivity index (χ1) is 10.3. The Morgan fingerprint density at radius 3 is 3.05 bits per heavy atom. The Hall–Kier alpha value is -1.56. The summed E-state index contributed by atoms with van der Waals surface area (Å²) in [4.78, 5) is 14.3. The van der Waals surface area contributed by atoms with Gasteiger partial charge in [-0.15, -0.1) is 0 Å². The quantitative estimate of drug-likeness (QED) is 0.909. The van der Waals surface area contributed by atoms with E-state index in [1.54, 1.807) is 6.20 Å². The van der Waals surface area contributed by atoms with Crippen LogP contribution in [0.2, 0.25) is 0 Å². The number of rotatable bonds is 2. The summed E-state index contributed by atoms with van der Waals surface area (Å²) in [5.41, 5.74) is 0.802. The first-order valence-electron chi connectivity index (χ1n) is 8.01. The van der Waals surface area contributed by atoms with Gasteiger partial charge in [0.2, 0.25) is 0 Å². The maximum absolute atomic E-state index is 12.4. The van der Waals surface area contributed by atoms with E-state index >= 15 is 0 Å². The normalized spacial score (nSPS) is 29.0. The van der Waals surface area contributed by atoms with Gasteiger partial charge in [0, 0.05) is 31.8 Å². The lowest BCUT2D eigenvalue weighted by atomic mass is 9.93. The number of nitrogens with zero attached hydrogens (tertiary/aromatic N) is 3. The number of carbonyl (C=O) groups is 1. The summed E-state index contributed by atoms with van der Waals surface area (Å²) < 4.78 is 7.66. The molecule has 1 N–H and O–H groups in total. The molecule has 0 bridgehead atoms. The van der Waals surface area contributed by atoms with Crippen LogP contribution in [0.1, 0.15) is 38.1 Å². The van der Waals surface area contributed by atoms with E-state index in [1.165, 1.54) is 19.3 Å². The van der Waals surface area contributed by atoms with E-state index in [4.69, 9.17) is 4.74 Å². The van der Waals surface area contributed by atoms with Gasteiger partial charge in [-0.2, -0.15) is 5.10 Å². The zero-order chi connectivity index (χ0) is 14.2. The molecule has 3 fully saturated rings. The number of hydrogen-bond acceptors (Lipinski definition) is 3. The molecule has 6 nitrogen and oxygen atoms in total. The Bertz CT molecular complexity index is 525. The van der Waals surface area contributed by atoms with Crippen LogP contribution in [-0.2, 0) is 4.74 Å². The van der Waals surface area contributed by atoms with E-state index in [0.717, 1.165) is 38.2 Å². The Kier molecular flexibility index (Phi) is 3.33. The van der Waals surface area contributed by atoms with Crippen molar-refractivity contribution in [2.75, 3.05) is 25.0 Å². The summed E-state index contributed by atoms with van der Waals surface area (Å²) in [5, 5.41) is 7.33. The molecule has 1 aromatic rings. The number of fused-ring (bicyclic) bond motifs is 1. The van der Waals surface area contributed by atoms with Gasteiger partial charge >= 0.3 is 6.03 Å². The lowest BCUT2D eigenvalue weighted by Gasteiger charge is -2.33. The van der Waals surface area contributed by atoms with Crippen LogP contribution in [0.5, 0.6) is 0 Å². The van der Waals surface area contributed by atoms with Crippen molar-refractivity contribution < 1.29 is 9.53 Å². The van der Waals surface area contributed by atoms with E-state index in [0.29, 0.717) is 18.1 Å². The Labute approximate surface area is 124 Å². The minimum absolute atomic E-state index is 0.00601. The molecule has 0 unspecified atom stereocenters. The summed E-state index contributed by atoms with van der Waals surface area (Å²) in [5.74, 6) is 0.516. The third-order valence-electron chi connectivity index (χ3n) is 5.07. The average Bonchev–Trinajstić information content (AvgIpc) is 3.05. The molecule has 0 radical (unpaired) electrons. The molecule has 1 aromatic heterocycles. The number of ether oxygens (including phenoxy) is 1. The number of likely N-dealkylation sites (tertiary alicyclic amines) is 1. The first-order valence-corrected chi connectivity index (χ1v) is 8.01. The summed E-state index contributed by atoms with van der Waals surface area (Å²) in [6, 6.07) is 0.524. The smallest absolute Gasteiger partial charge is 0.321 e. The number of anilines is 1. The second-order valence-corrected chi connectivity index (χ2v) is 6.42. The fraction of sp³-hybridized carbons (Fsp3) is 0.733. The zero-order valence-electron chi connectivity index (χ0n) is 12.2. The number of carbonyl (C=O) groups excluding carboxylic acids is 1. The molecule has 0 spiro atoms. The highest BCUT2D eigenvalue weighted by Gasteiger charge is 2.35. The van der Waals surface area contributed by atoms with Crippen LogP contribution >= 0.6 is 0 Å². The first kappa shape index (κ1) is 13.1. The van der Waals surface area contributed by atoms with Gasteiger partial charge in [0.25, 0.3) is 0 Å². The molecule has 1 saturated carbocycles. The number of piperidine rings is 1. The van der Waals surface area contributed by atoms with Gasteiger partial charge in [-0.1, -0.05) is 0 Å². The van der Waals surface area contributed by atoms with Crippen LogP contribution in [0, 0.1) is 5.92 Å². The standard InChI is InChI=1S/C15H22N4O2/c20-15(18-6-4-14-11(9-18)5-7-21-14)17-12-8-16-19(10-12)13-2-1-3-13/h8,10-11,13-14H,1-7,9H2,(H,17,20)/t11-,14+/m1/s1. The molecule has 3 heterocycles. The van der Waals surface area contributed by atoms with Gasteiger partial charge < -0.3 is 15.0 Å². The number of hydrogen-bond donors (Lipinski definition) is 1. The van der Waals surface area contributed by atoms with Crippen molar-refractivity contribution in [2.45, 2.75) is 44.2 Å². The van der Waals surface area contributed by atoms with Gasteiger partial charge in [0.1, 0.15) is 0 Å². The summed E-state index contributed by atoms with van der Waals surface area (Å²) in [7, 11) is 0. The van der Waals surface area contributed by atoms with Crippen LogP contribution in [0.4, 0.5) is 10.5 Å². The third-order valence-corrected chi connectivity index (χ3v) is 5.07. The largest absolute Gasteiger partial charge is 0.378 e. The second kappa shape index (κ2) is 5.33. The Morgan fingerprint density at radius 2 is 2.24 bits per heavy atom.